The molecule has 2 N–H and O–H groups in total. The van der Waals surface area contributed by atoms with Gasteiger partial charge in [0.1, 0.15) is 0 Å². The van der Waals surface area contributed by atoms with Gasteiger partial charge in [0.15, 0.2) is 0 Å². The smallest absolute Gasteiger partial charge is 0.309 e. The van der Waals surface area contributed by atoms with Crippen molar-refractivity contribution < 1.29 is 15.1 Å². The van der Waals surface area contributed by atoms with Crippen molar-refractivity contribution in [2.75, 3.05) is 0 Å². The molecule has 0 bridgehead atoms. The molecule has 5 fully saturated rings. The molecule has 0 spiro atoms. The Hall–Kier alpha value is -1.32. The van der Waals surface area contributed by atoms with Crippen LogP contribution < -0.4 is 0 Å². The van der Waals surface area contributed by atoms with Gasteiger partial charge < -0.3 is 10.3 Å². The fraction of sp³-hybridized carbons (Fsp3) is 0.867. The molecular formula is C30H47NO3. The molecule has 0 heterocycles. The van der Waals surface area contributed by atoms with Crippen LogP contribution in [0.15, 0.2) is 17.3 Å². The standard InChI is InChI=1S/C30H47NO3/c1-18(2)19-10-15-30(25(32)33)17-16-28(6)20(24(19)30)8-9-22-27(5)13-12-23(31-34)26(3,4)21(27)11-14-29(22,28)7/h19-22,24,34H,1,8-17H2,2-7H3,(H,32,33)/b31-23+/t19-,20+,21-,22+,24+,27-,28+,29+,30-/m0/s1. The Bertz CT molecular complexity index is 937. The van der Waals surface area contributed by atoms with Crippen molar-refractivity contribution in [3.63, 3.8) is 0 Å². The van der Waals surface area contributed by atoms with E-state index in [2.05, 4.69) is 53.3 Å². The topological polar surface area (TPSA) is 69.9 Å². The van der Waals surface area contributed by atoms with Gasteiger partial charge in [-0.3, -0.25) is 4.79 Å². The average Bonchev–Trinajstić information content (AvgIpc) is 3.15. The zero-order valence-electron chi connectivity index (χ0n) is 22.4. The minimum Gasteiger partial charge on any atom is -0.481 e. The summed E-state index contributed by atoms with van der Waals surface area (Å²) >= 11 is 0. The third-order valence-corrected chi connectivity index (χ3v) is 13.4. The SMILES string of the molecule is C=C(C)[C@@H]1CC[C@]2(C(=O)O)CC[C@]3(C)[C@H](CC[C@@H]4[C@@]5(C)CC/C(=N\O)C(C)(C)[C@@H]5CC[C@]43C)[C@@H]12. The number of rotatable bonds is 2. The normalized spacial score (nSPS) is 52.8. The molecule has 0 aromatic heterocycles. The zero-order valence-corrected chi connectivity index (χ0v) is 22.4. The van der Waals surface area contributed by atoms with Crippen LogP contribution in [0.1, 0.15) is 106 Å². The number of hydrogen-bond donors (Lipinski definition) is 2. The van der Waals surface area contributed by atoms with E-state index >= 15 is 0 Å². The number of fused-ring (bicyclic) bond motifs is 7. The highest BCUT2D eigenvalue weighted by Gasteiger charge is 2.71. The summed E-state index contributed by atoms with van der Waals surface area (Å²) in [7, 11) is 0. The summed E-state index contributed by atoms with van der Waals surface area (Å²) in [4.78, 5) is 12.8. The molecule has 0 radical (unpaired) electrons. The Morgan fingerprint density at radius 1 is 0.912 bits per heavy atom. The lowest BCUT2D eigenvalue weighted by molar-refractivity contribution is -0.230. The van der Waals surface area contributed by atoms with Crippen molar-refractivity contribution in [3.8, 4) is 0 Å². The molecular weight excluding hydrogens is 422 g/mol. The summed E-state index contributed by atoms with van der Waals surface area (Å²) < 4.78 is 0. The van der Waals surface area contributed by atoms with Crippen LogP contribution >= 0.6 is 0 Å². The Morgan fingerprint density at radius 2 is 1.62 bits per heavy atom. The van der Waals surface area contributed by atoms with Crippen molar-refractivity contribution in [3.05, 3.63) is 12.2 Å². The van der Waals surface area contributed by atoms with Crippen molar-refractivity contribution in [2.24, 2.45) is 61.8 Å². The van der Waals surface area contributed by atoms with E-state index < -0.39 is 11.4 Å². The highest BCUT2D eigenvalue weighted by atomic mass is 16.4. The van der Waals surface area contributed by atoms with Gasteiger partial charge in [-0.15, -0.1) is 0 Å². The van der Waals surface area contributed by atoms with Crippen molar-refractivity contribution in [1.29, 1.82) is 0 Å². The first-order valence-corrected chi connectivity index (χ1v) is 13.9. The van der Waals surface area contributed by atoms with E-state index in [4.69, 9.17) is 0 Å². The molecule has 5 aliphatic rings. The summed E-state index contributed by atoms with van der Waals surface area (Å²) in [6, 6.07) is 0. The minimum absolute atomic E-state index is 0.0671. The predicted molar refractivity (Wildman–Crippen MR) is 136 cm³/mol. The van der Waals surface area contributed by atoms with E-state index in [0.717, 1.165) is 50.7 Å². The number of allylic oxidation sites excluding steroid dienone is 1. The van der Waals surface area contributed by atoms with Crippen molar-refractivity contribution in [1.82, 2.24) is 0 Å². The molecule has 34 heavy (non-hydrogen) atoms. The molecule has 0 aromatic rings. The summed E-state index contributed by atoms with van der Waals surface area (Å²) in [5, 5.41) is 24.0. The van der Waals surface area contributed by atoms with E-state index in [1.807, 2.05) is 0 Å². The van der Waals surface area contributed by atoms with Crippen LogP contribution in [0.2, 0.25) is 0 Å². The monoisotopic (exact) mass is 469 g/mol. The maximum atomic E-state index is 12.8. The lowest BCUT2D eigenvalue weighted by Gasteiger charge is -2.72. The fourth-order valence-corrected chi connectivity index (χ4v) is 11.5. The van der Waals surface area contributed by atoms with E-state index in [1.165, 1.54) is 24.8 Å². The Kier molecular flexibility index (Phi) is 5.27. The number of carboxylic acids is 1. The molecule has 4 heteroatoms. The van der Waals surface area contributed by atoms with E-state index in [9.17, 15) is 15.1 Å². The number of oxime groups is 1. The second kappa shape index (κ2) is 7.35. The Labute approximate surface area is 206 Å². The molecule has 5 saturated carbocycles. The van der Waals surface area contributed by atoms with Gasteiger partial charge in [0, 0.05) is 5.41 Å². The molecule has 190 valence electrons. The summed E-state index contributed by atoms with van der Waals surface area (Å²) in [5.74, 6) is 1.69. The van der Waals surface area contributed by atoms with Crippen LogP contribution in [0.3, 0.4) is 0 Å². The molecule has 0 unspecified atom stereocenters. The molecule has 5 rings (SSSR count). The third-order valence-electron chi connectivity index (χ3n) is 13.4. The molecule has 5 aliphatic carbocycles. The van der Waals surface area contributed by atoms with Crippen LogP contribution in [-0.4, -0.2) is 22.0 Å². The van der Waals surface area contributed by atoms with Crippen LogP contribution in [0.5, 0.6) is 0 Å². The molecule has 9 atom stereocenters. The number of nitrogens with zero attached hydrogens (tertiary/aromatic N) is 1. The first-order chi connectivity index (χ1) is 15.8. The number of aliphatic carboxylic acids is 1. The van der Waals surface area contributed by atoms with Gasteiger partial charge in [0.05, 0.1) is 11.1 Å². The summed E-state index contributed by atoms with van der Waals surface area (Å²) in [6.45, 7) is 18.8. The lowest BCUT2D eigenvalue weighted by atomic mass is 9.32. The van der Waals surface area contributed by atoms with E-state index in [1.54, 1.807) is 0 Å². The molecule has 0 aliphatic heterocycles. The summed E-state index contributed by atoms with van der Waals surface area (Å²) in [5.41, 5.74) is 2.20. The van der Waals surface area contributed by atoms with Gasteiger partial charge >= 0.3 is 5.97 Å². The first kappa shape index (κ1) is 24.4. The first-order valence-electron chi connectivity index (χ1n) is 13.9. The maximum absolute atomic E-state index is 12.8. The fourth-order valence-electron chi connectivity index (χ4n) is 11.5. The predicted octanol–water partition coefficient (Wildman–Crippen LogP) is 7.56. The minimum atomic E-state index is -0.545. The molecule has 0 aromatic carbocycles. The Morgan fingerprint density at radius 3 is 2.24 bits per heavy atom. The van der Waals surface area contributed by atoms with Crippen molar-refractivity contribution in [2.45, 2.75) is 106 Å². The van der Waals surface area contributed by atoms with Gasteiger partial charge in [-0.25, -0.2) is 0 Å². The number of carbonyl (C=O) groups is 1. The quantitative estimate of drug-likeness (QED) is 0.249. The van der Waals surface area contributed by atoms with Gasteiger partial charge in [-0.1, -0.05) is 51.9 Å². The van der Waals surface area contributed by atoms with Crippen molar-refractivity contribution >= 4 is 11.7 Å². The molecule has 0 amide bonds. The largest absolute Gasteiger partial charge is 0.481 e. The van der Waals surface area contributed by atoms with E-state index in [0.29, 0.717) is 23.7 Å². The summed E-state index contributed by atoms with van der Waals surface area (Å²) in [6.07, 6.45) is 10.5. The second-order valence-electron chi connectivity index (χ2n) is 14.4. The second-order valence-corrected chi connectivity index (χ2v) is 14.4. The highest BCUT2D eigenvalue weighted by Crippen LogP contribution is 2.77. The lowest BCUT2D eigenvalue weighted by Crippen LogP contribution is -2.66. The van der Waals surface area contributed by atoms with Crippen LogP contribution in [0, 0.1) is 56.7 Å². The molecule has 0 saturated heterocycles. The van der Waals surface area contributed by atoms with Gasteiger partial charge in [-0.05, 0) is 117 Å². The number of hydrogen-bond acceptors (Lipinski definition) is 3. The number of carboxylic acid groups (broad SMARTS) is 1. The zero-order chi connectivity index (χ0) is 24.9. The van der Waals surface area contributed by atoms with Gasteiger partial charge in [0.25, 0.3) is 0 Å². The average molecular weight is 470 g/mol. The highest BCUT2D eigenvalue weighted by molar-refractivity contribution is 5.90. The van der Waals surface area contributed by atoms with Crippen LogP contribution in [-0.2, 0) is 4.79 Å². The van der Waals surface area contributed by atoms with Gasteiger partial charge in [0.2, 0.25) is 0 Å². The third kappa shape index (κ3) is 2.72. The van der Waals surface area contributed by atoms with E-state index in [-0.39, 0.29) is 27.6 Å². The van der Waals surface area contributed by atoms with Crippen LogP contribution in [0.25, 0.3) is 0 Å². The molecule has 4 nitrogen and oxygen atoms in total. The maximum Gasteiger partial charge on any atom is 0.309 e. The van der Waals surface area contributed by atoms with Gasteiger partial charge in [-0.2, -0.15) is 0 Å². The van der Waals surface area contributed by atoms with Crippen LogP contribution in [0.4, 0.5) is 0 Å². The Balaban J connectivity index is 1.56.